The minimum Gasteiger partial charge on any atom is -0.481 e. The average Bonchev–Trinajstić information content (AvgIpc) is 2.65. The van der Waals surface area contributed by atoms with E-state index in [-0.39, 0.29) is 12.1 Å². The third-order valence-corrected chi connectivity index (χ3v) is 4.14. The first-order valence-electron chi connectivity index (χ1n) is 9.04. The molecular formula is C21H25N3O4. The van der Waals surface area contributed by atoms with Crippen LogP contribution in [0.2, 0.25) is 0 Å². The number of urea groups is 1. The predicted octanol–water partition coefficient (Wildman–Crippen LogP) is 3.41. The van der Waals surface area contributed by atoms with E-state index in [1.54, 1.807) is 55.5 Å². The van der Waals surface area contributed by atoms with Crippen LogP contribution in [-0.4, -0.2) is 29.1 Å². The molecule has 2 rings (SSSR count). The van der Waals surface area contributed by atoms with Gasteiger partial charge in [-0.3, -0.25) is 9.59 Å². The van der Waals surface area contributed by atoms with E-state index in [2.05, 4.69) is 16.0 Å². The van der Waals surface area contributed by atoms with Crippen LogP contribution < -0.4 is 16.0 Å². The number of carboxylic acid groups (broad SMARTS) is 1. The van der Waals surface area contributed by atoms with E-state index in [1.807, 2.05) is 19.9 Å². The zero-order valence-corrected chi connectivity index (χ0v) is 16.1. The molecule has 7 nitrogen and oxygen atoms in total. The summed E-state index contributed by atoms with van der Waals surface area (Å²) >= 11 is 0. The van der Waals surface area contributed by atoms with Crippen molar-refractivity contribution in [3.63, 3.8) is 0 Å². The maximum absolute atomic E-state index is 12.7. The molecule has 3 amide bonds. The van der Waals surface area contributed by atoms with Crippen molar-refractivity contribution in [2.75, 3.05) is 5.32 Å². The lowest BCUT2D eigenvalue weighted by Gasteiger charge is -2.23. The number of carbonyl (C=O) groups excluding carboxylic acids is 2. The van der Waals surface area contributed by atoms with Crippen LogP contribution in [0, 0.1) is 5.92 Å². The van der Waals surface area contributed by atoms with E-state index in [4.69, 9.17) is 0 Å². The third-order valence-electron chi connectivity index (χ3n) is 4.14. The van der Waals surface area contributed by atoms with Crippen LogP contribution in [0.5, 0.6) is 0 Å². The molecule has 2 aromatic carbocycles. The fraction of sp³-hybridized carbons (Fsp3) is 0.286. The number of benzene rings is 2. The van der Waals surface area contributed by atoms with E-state index in [1.165, 1.54) is 0 Å². The Hall–Kier alpha value is -3.35. The molecule has 4 N–H and O–H groups in total. The lowest BCUT2D eigenvalue weighted by Crippen LogP contribution is -2.36. The second-order valence-corrected chi connectivity index (χ2v) is 6.82. The second kappa shape index (κ2) is 9.55. The van der Waals surface area contributed by atoms with Gasteiger partial charge in [0, 0.05) is 17.3 Å². The summed E-state index contributed by atoms with van der Waals surface area (Å²) in [6, 6.07) is 14.4. The standard InChI is InChI=1S/C21H25N3O4/c1-13(2)22-21(28)23-17-11-7-10-16(12-17)19(25)24-18(14(3)20(26)27)15-8-5-4-6-9-15/h4-14,18H,1-3H3,(H,24,25)(H,26,27)(H2,22,23,28). The summed E-state index contributed by atoms with van der Waals surface area (Å²) in [6.07, 6.45) is 0. The van der Waals surface area contributed by atoms with Gasteiger partial charge in [0.05, 0.1) is 12.0 Å². The van der Waals surface area contributed by atoms with Crippen LogP contribution in [0.15, 0.2) is 54.6 Å². The van der Waals surface area contributed by atoms with Gasteiger partial charge in [-0.2, -0.15) is 0 Å². The SMILES string of the molecule is CC(C)NC(=O)Nc1cccc(C(=O)NC(c2ccccc2)C(C)C(=O)O)c1. The molecule has 0 radical (unpaired) electrons. The minimum absolute atomic E-state index is 0.0179. The molecule has 0 spiro atoms. The molecule has 2 atom stereocenters. The van der Waals surface area contributed by atoms with Gasteiger partial charge in [-0.15, -0.1) is 0 Å². The predicted molar refractivity (Wildman–Crippen MR) is 107 cm³/mol. The van der Waals surface area contributed by atoms with Gasteiger partial charge in [-0.1, -0.05) is 36.4 Å². The van der Waals surface area contributed by atoms with Crippen LogP contribution in [-0.2, 0) is 4.79 Å². The molecule has 2 unspecified atom stereocenters. The molecule has 2 aromatic rings. The van der Waals surface area contributed by atoms with Crippen LogP contribution in [0.25, 0.3) is 0 Å². The molecule has 28 heavy (non-hydrogen) atoms. The largest absolute Gasteiger partial charge is 0.481 e. The van der Waals surface area contributed by atoms with Gasteiger partial charge < -0.3 is 21.1 Å². The van der Waals surface area contributed by atoms with Crippen molar-refractivity contribution in [3.8, 4) is 0 Å². The average molecular weight is 383 g/mol. The number of hydrogen-bond donors (Lipinski definition) is 4. The molecule has 7 heteroatoms. The van der Waals surface area contributed by atoms with Crippen molar-refractivity contribution in [2.24, 2.45) is 5.92 Å². The molecule has 0 aliphatic carbocycles. The zero-order valence-electron chi connectivity index (χ0n) is 16.1. The second-order valence-electron chi connectivity index (χ2n) is 6.82. The first-order chi connectivity index (χ1) is 13.3. The van der Waals surface area contributed by atoms with Crippen molar-refractivity contribution < 1.29 is 19.5 Å². The highest BCUT2D eigenvalue weighted by atomic mass is 16.4. The van der Waals surface area contributed by atoms with E-state index in [0.29, 0.717) is 16.8 Å². The number of anilines is 1. The number of amides is 3. The summed E-state index contributed by atoms with van der Waals surface area (Å²) in [6.45, 7) is 5.24. The Labute approximate surface area is 164 Å². The van der Waals surface area contributed by atoms with Crippen LogP contribution in [0.1, 0.15) is 42.7 Å². The van der Waals surface area contributed by atoms with Gasteiger partial charge in [-0.25, -0.2) is 4.79 Å². The van der Waals surface area contributed by atoms with Gasteiger partial charge in [0.1, 0.15) is 0 Å². The summed E-state index contributed by atoms with van der Waals surface area (Å²) in [5.74, 6) is -2.24. The molecule has 0 aliphatic heterocycles. The highest BCUT2D eigenvalue weighted by molar-refractivity contribution is 5.97. The van der Waals surface area contributed by atoms with Gasteiger partial charge in [0.15, 0.2) is 0 Å². The normalized spacial score (nSPS) is 12.7. The Balaban J connectivity index is 2.18. The van der Waals surface area contributed by atoms with E-state index < -0.39 is 23.8 Å². The maximum atomic E-state index is 12.7. The van der Waals surface area contributed by atoms with Gasteiger partial charge in [0.25, 0.3) is 5.91 Å². The van der Waals surface area contributed by atoms with Crippen molar-refractivity contribution in [1.82, 2.24) is 10.6 Å². The number of rotatable bonds is 7. The van der Waals surface area contributed by atoms with Crippen molar-refractivity contribution >= 4 is 23.6 Å². The molecule has 0 saturated heterocycles. The number of carboxylic acids is 1. The summed E-state index contributed by atoms with van der Waals surface area (Å²) in [5.41, 5.74) is 1.49. The molecule has 0 bridgehead atoms. The van der Waals surface area contributed by atoms with Gasteiger partial charge >= 0.3 is 12.0 Å². The molecule has 0 saturated carbocycles. The summed E-state index contributed by atoms with van der Waals surface area (Å²) in [7, 11) is 0. The number of carbonyl (C=O) groups is 3. The molecule has 0 aromatic heterocycles. The van der Waals surface area contributed by atoms with Crippen molar-refractivity contribution in [2.45, 2.75) is 32.9 Å². The third kappa shape index (κ3) is 5.84. The van der Waals surface area contributed by atoms with E-state index >= 15 is 0 Å². The number of hydrogen-bond acceptors (Lipinski definition) is 3. The lowest BCUT2D eigenvalue weighted by molar-refractivity contribution is -0.142. The molecule has 0 heterocycles. The molecular weight excluding hydrogens is 358 g/mol. The number of aliphatic carboxylic acids is 1. The lowest BCUT2D eigenvalue weighted by atomic mass is 9.94. The first-order valence-corrected chi connectivity index (χ1v) is 9.04. The van der Waals surface area contributed by atoms with Crippen LogP contribution in [0.4, 0.5) is 10.5 Å². The number of nitrogens with one attached hydrogen (secondary N) is 3. The zero-order chi connectivity index (χ0) is 20.7. The van der Waals surface area contributed by atoms with Crippen molar-refractivity contribution in [1.29, 1.82) is 0 Å². The van der Waals surface area contributed by atoms with Gasteiger partial charge in [0.2, 0.25) is 0 Å². The maximum Gasteiger partial charge on any atom is 0.319 e. The molecule has 0 fully saturated rings. The molecule has 148 valence electrons. The summed E-state index contributed by atoms with van der Waals surface area (Å²) in [4.78, 5) is 36.1. The summed E-state index contributed by atoms with van der Waals surface area (Å²) < 4.78 is 0. The van der Waals surface area contributed by atoms with E-state index in [9.17, 15) is 19.5 Å². The summed E-state index contributed by atoms with van der Waals surface area (Å²) in [5, 5.41) is 17.6. The Morgan fingerprint density at radius 1 is 0.893 bits per heavy atom. The minimum atomic E-state index is -1.00. The van der Waals surface area contributed by atoms with Crippen molar-refractivity contribution in [3.05, 3.63) is 65.7 Å². The Kier molecular flexibility index (Phi) is 7.14. The first kappa shape index (κ1) is 21.0. The highest BCUT2D eigenvalue weighted by Gasteiger charge is 2.27. The van der Waals surface area contributed by atoms with Crippen LogP contribution >= 0.6 is 0 Å². The fourth-order valence-corrected chi connectivity index (χ4v) is 2.69. The quantitative estimate of drug-likeness (QED) is 0.588. The van der Waals surface area contributed by atoms with Gasteiger partial charge in [-0.05, 0) is 44.5 Å². The fourth-order valence-electron chi connectivity index (χ4n) is 2.69. The Morgan fingerprint density at radius 2 is 1.57 bits per heavy atom. The topological polar surface area (TPSA) is 108 Å². The Morgan fingerprint density at radius 3 is 2.18 bits per heavy atom. The smallest absolute Gasteiger partial charge is 0.319 e. The molecule has 0 aliphatic rings. The highest BCUT2D eigenvalue weighted by Crippen LogP contribution is 2.23. The van der Waals surface area contributed by atoms with E-state index in [0.717, 1.165) is 0 Å². The monoisotopic (exact) mass is 383 g/mol. The van der Waals surface area contributed by atoms with Crippen LogP contribution in [0.3, 0.4) is 0 Å². The Bertz CT molecular complexity index is 837.